The average Bonchev–Trinajstić information content (AvgIpc) is 2.85. The Bertz CT molecular complexity index is 530. The fraction of sp³-hybridized carbons (Fsp3) is 0.286. The minimum Gasteiger partial charge on any atom is -0.388 e. The minimum atomic E-state index is -0.0953. The van der Waals surface area contributed by atoms with Gasteiger partial charge in [-0.1, -0.05) is 23.9 Å². The second-order valence-corrected chi connectivity index (χ2v) is 5.80. The van der Waals surface area contributed by atoms with Crippen molar-refractivity contribution >= 4 is 41.7 Å². The predicted octanol–water partition coefficient (Wildman–Crippen LogP) is 2.53. The van der Waals surface area contributed by atoms with Crippen molar-refractivity contribution in [2.45, 2.75) is 5.25 Å². The Balaban J connectivity index is 2.29. The van der Waals surface area contributed by atoms with E-state index in [0.717, 1.165) is 17.5 Å². The van der Waals surface area contributed by atoms with Gasteiger partial charge in [-0.25, -0.2) is 0 Å². The zero-order valence-corrected chi connectivity index (χ0v) is 12.5. The van der Waals surface area contributed by atoms with E-state index >= 15 is 0 Å². The Kier molecular flexibility index (Phi) is 5.09. The number of hydrogen-bond donors (Lipinski definition) is 2. The van der Waals surface area contributed by atoms with Crippen LogP contribution in [0.25, 0.3) is 0 Å². The molecule has 0 saturated heterocycles. The molecule has 1 aromatic carbocycles. The summed E-state index contributed by atoms with van der Waals surface area (Å²) in [7, 11) is 1.86. The number of benzene rings is 1. The highest BCUT2D eigenvalue weighted by Gasteiger charge is 2.36. The van der Waals surface area contributed by atoms with Gasteiger partial charge in [0.25, 0.3) is 0 Å². The molecule has 2 unspecified atom stereocenters. The van der Waals surface area contributed by atoms with Crippen molar-refractivity contribution in [3.63, 3.8) is 0 Å². The summed E-state index contributed by atoms with van der Waals surface area (Å²) in [5.74, 6) is 0.242. The molecule has 2 rings (SSSR count). The van der Waals surface area contributed by atoms with E-state index in [4.69, 9.17) is 11.6 Å². The van der Waals surface area contributed by atoms with Gasteiger partial charge < -0.3 is 10.6 Å². The Hall–Kier alpha value is -1.46. The number of amides is 1. The van der Waals surface area contributed by atoms with Gasteiger partial charge in [-0.2, -0.15) is 0 Å². The topological polar surface area (TPSA) is 58.2 Å². The first kappa shape index (κ1) is 14.9. The van der Waals surface area contributed by atoms with Crippen molar-refractivity contribution in [2.24, 2.45) is 5.92 Å². The van der Waals surface area contributed by atoms with Crippen molar-refractivity contribution in [3.8, 4) is 0 Å². The molecule has 1 heterocycles. The monoisotopic (exact) mass is 310 g/mol. The number of hydrogen-bond acceptors (Lipinski definition) is 4. The van der Waals surface area contributed by atoms with E-state index in [1.807, 2.05) is 31.3 Å². The number of alkyl halides is 1. The summed E-state index contributed by atoms with van der Waals surface area (Å²) in [5.41, 5.74) is 2.68. The van der Waals surface area contributed by atoms with E-state index in [2.05, 4.69) is 10.6 Å². The second-order valence-electron chi connectivity index (χ2n) is 4.34. The molecule has 0 aliphatic carbocycles. The number of carbonyl (C=O) groups excluding carboxylic acids is 2. The average molecular weight is 311 g/mol. The highest BCUT2D eigenvalue weighted by Crippen LogP contribution is 2.50. The first-order valence-corrected chi connectivity index (χ1v) is 7.56. The van der Waals surface area contributed by atoms with Crippen LogP contribution in [0.2, 0.25) is 0 Å². The Labute approximate surface area is 127 Å². The molecule has 1 aliphatic heterocycles. The van der Waals surface area contributed by atoms with E-state index in [0.29, 0.717) is 22.9 Å². The fourth-order valence-corrected chi connectivity index (χ4v) is 4.08. The van der Waals surface area contributed by atoms with Crippen LogP contribution in [0.15, 0.2) is 34.9 Å². The smallest absolute Gasteiger partial charge is 0.211 e. The molecular weight excluding hydrogens is 296 g/mol. The number of allylic oxidation sites excluding steroid dienone is 1. The van der Waals surface area contributed by atoms with E-state index in [9.17, 15) is 9.59 Å². The molecule has 2 atom stereocenters. The summed E-state index contributed by atoms with van der Waals surface area (Å²) >= 11 is 7.48. The normalized spacial score (nSPS) is 21.7. The third-order valence-electron chi connectivity index (χ3n) is 3.28. The van der Waals surface area contributed by atoms with Crippen molar-refractivity contribution in [2.75, 3.05) is 18.2 Å². The maximum absolute atomic E-state index is 11.2. The summed E-state index contributed by atoms with van der Waals surface area (Å²) in [6.07, 6.45) is 1.37. The Morgan fingerprint density at radius 3 is 2.50 bits per heavy atom. The summed E-state index contributed by atoms with van der Waals surface area (Å²) in [5, 5.41) is 6.30. The number of carbonyl (C=O) groups is 2. The van der Waals surface area contributed by atoms with Crippen molar-refractivity contribution in [1.29, 1.82) is 0 Å². The van der Waals surface area contributed by atoms with Crippen molar-refractivity contribution in [3.05, 3.63) is 40.4 Å². The number of thioether (sulfide) groups is 1. The summed E-state index contributed by atoms with van der Waals surface area (Å²) in [6.45, 7) is 0. The molecule has 20 heavy (non-hydrogen) atoms. The van der Waals surface area contributed by atoms with E-state index in [1.165, 1.54) is 11.8 Å². The van der Waals surface area contributed by atoms with Gasteiger partial charge in [0.2, 0.25) is 6.41 Å². The first-order valence-electron chi connectivity index (χ1n) is 6.15. The molecule has 2 N–H and O–H groups in total. The second kappa shape index (κ2) is 6.81. The number of aldehydes is 1. The lowest BCUT2D eigenvalue weighted by Gasteiger charge is -2.18. The van der Waals surface area contributed by atoms with E-state index in [-0.39, 0.29) is 11.2 Å². The SMILES string of the molecule is CNc1ccc(C2SC(NC=O)=C(C=O)C2CCl)cc1. The van der Waals surface area contributed by atoms with Crippen LogP contribution in [0.3, 0.4) is 0 Å². The molecule has 1 aliphatic rings. The van der Waals surface area contributed by atoms with Gasteiger partial charge in [0, 0.05) is 35.4 Å². The van der Waals surface area contributed by atoms with Gasteiger partial charge in [-0.15, -0.1) is 11.6 Å². The lowest BCUT2D eigenvalue weighted by Crippen LogP contribution is -2.13. The molecule has 106 valence electrons. The van der Waals surface area contributed by atoms with Gasteiger partial charge in [0.05, 0.1) is 5.03 Å². The molecule has 0 spiro atoms. The summed E-state index contributed by atoms with van der Waals surface area (Å²) in [6, 6.07) is 7.98. The minimum absolute atomic E-state index is 0.0426. The van der Waals surface area contributed by atoms with Gasteiger partial charge >= 0.3 is 0 Å². The van der Waals surface area contributed by atoms with Crippen LogP contribution in [-0.2, 0) is 9.59 Å². The third kappa shape index (κ3) is 2.83. The standard InChI is InChI=1S/C14H15ClN2O2S/c1-16-10-4-2-9(3-5-10)13-11(6-15)12(7-18)14(20-13)17-8-19/h2-5,7-8,11,13,16H,6H2,1H3,(H,17,19). The fourth-order valence-electron chi connectivity index (χ4n) is 2.22. The van der Waals surface area contributed by atoms with Gasteiger partial charge in [0.1, 0.15) is 6.29 Å². The number of anilines is 1. The van der Waals surface area contributed by atoms with Crippen LogP contribution in [0.4, 0.5) is 5.69 Å². The highest BCUT2D eigenvalue weighted by atomic mass is 35.5. The quantitative estimate of drug-likeness (QED) is 0.626. The molecule has 0 radical (unpaired) electrons. The predicted molar refractivity (Wildman–Crippen MR) is 82.8 cm³/mol. The maximum atomic E-state index is 11.2. The largest absolute Gasteiger partial charge is 0.388 e. The molecule has 4 nitrogen and oxygen atoms in total. The summed E-state index contributed by atoms with van der Waals surface area (Å²) in [4.78, 5) is 21.9. The first-order chi connectivity index (χ1) is 9.74. The number of rotatable bonds is 6. The summed E-state index contributed by atoms with van der Waals surface area (Å²) < 4.78 is 0. The number of nitrogens with one attached hydrogen (secondary N) is 2. The Morgan fingerprint density at radius 1 is 1.30 bits per heavy atom. The molecular formula is C14H15ClN2O2S. The zero-order valence-electron chi connectivity index (χ0n) is 10.9. The lowest BCUT2D eigenvalue weighted by molar-refractivity contribution is -0.108. The molecule has 1 aromatic rings. The maximum Gasteiger partial charge on any atom is 0.211 e. The van der Waals surface area contributed by atoms with Crippen LogP contribution < -0.4 is 10.6 Å². The van der Waals surface area contributed by atoms with E-state index < -0.39 is 0 Å². The lowest BCUT2D eigenvalue weighted by atomic mass is 9.94. The van der Waals surface area contributed by atoms with Crippen LogP contribution in [0.1, 0.15) is 10.8 Å². The van der Waals surface area contributed by atoms with Crippen LogP contribution in [0.5, 0.6) is 0 Å². The number of halogens is 1. The van der Waals surface area contributed by atoms with Crippen LogP contribution in [0, 0.1) is 5.92 Å². The molecule has 0 fully saturated rings. The van der Waals surface area contributed by atoms with Crippen molar-refractivity contribution < 1.29 is 9.59 Å². The van der Waals surface area contributed by atoms with Gasteiger partial charge in [0.15, 0.2) is 0 Å². The van der Waals surface area contributed by atoms with Gasteiger partial charge in [-0.05, 0) is 17.7 Å². The van der Waals surface area contributed by atoms with Crippen LogP contribution >= 0.6 is 23.4 Å². The van der Waals surface area contributed by atoms with Crippen molar-refractivity contribution in [1.82, 2.24) is 5.32 Å². The van der Waals surface area contributed by atoms with E-state index in [1.54, 1.807) is 0 Å². The van der Waals surface area contributed by atoms with Crippen LogP contribution in [-0.4, -0.2) is 25.6 Å². The molecule has 0 aromatic heterocycles. The molecule has 6 heteroatoms. The Morgan fingerprint density at radius 2 is 2.00 bits per heavy atom. The molecule has 0 saturated carbocycles. The molecule has 0 bridgehead atoms. The third-order valence-corrected chi connectivity index (χ3v) is 5.06. The molecule has 1 amide bonds. The zero-order chi connectivity index (χ0) is 14.5. The van der Waals surface area contributed by atoms with Gasteiger partial charge in [-0.3, -0.25) is 9.59 Å². The highest BCUT2D eigenvalue weighted by molar-refractivity contribution is 8.03.